The zero-order chi connectivity index (χ0) is 8.55. The maximum atomic E-state index is 12.5. The SMILES string of the molecule is N#Cc1cn2cc(F)nc2cn1. The van der Waals surface area contributed by atoms with Gasteiger partial charge in [0.1, 0.15) is 6.07 Å². The molecular weight excluding hydrogens is 159 g/mol. The van der Waals surface area contributed by atoms with E-state index >= 15 is 0 Å². The third-order valence-corrected chi connectivity index (χ3v) is 1.43. The van der Waals surface area contributed by atoms with Gasteiger partial charge in [0.25, 0.3) is 0 Å². The smallest absolute Gasteiger partial charge is 0.231 e. The van der Waals surface area contributed by atoms with Gasteiger partial charge >= 0.3 is 0 Å². The molecular formula is C7H3FN4. The molecule has 0 aliphatic rings. The summed E-state index contributed by atoms with van der Waals surface area (Å²) >= 11 is 0. The van der Waals surface area contributed by atoms with Crippen molar-refractivity contribution in [1.29, 1.82) is 5.26 Å². The van der Waals surface area contributed by atoms with Crippen molar-refractivity contribution in [2.75, 3.05) is 0 Å². The van der Waals surface area contributed by atoms with Gasteiger partial charge in [0.05, 0.1) is 12.4 Å². The number of aromatic nitrogens is 3. The highest BCUT2D eigenvalue weighted by Gasteiger charge is 2.00. The quantitative estimate of drug-likeness (QED) is 0.574. The summed E-state index contributed by atoms with van der Waals surface area (Å²) in [5, 5.41) is 8.46. The van der Waals surface area contributed by atoms with Gasteiger partial charge in [-0.05, 0) is 0 Å². The Morgan fingerprint density at radius 1 is 1.50 bits per heavy atom. The largest absolute Gasteiger partial charge is 0.300 e. The van der Waals surface area contributed by atoms with Crippen LogP contribution in [0.25, 0.3) is 5.65 Å². The number of imidazole rings is 1. The topological polar surface area (TPSA) is 54.0 Å². The molecule has 2 aromatic rings. The predicted molar refractivity (Wildman–Crippen MR) is 37.7 cm³/mol. The van der Waals surface area contributed by atoms with Crippen LogP contribution in [-0.4, -0.2) is 14.4 Å². The van der Waals surface area contributed by atoms with E-state index in [1.54, 1.807) is 0 Å². The summed E-state index contributed by atoms with van der Waals surface area (Å²) in [4.78, 5) is 7.24. The molecule has 12 heavy (non-hydrogen) atoms. The van der Waals surface area contributed by atoms with Crippen molar-refractivity contribution in [3.05, 3.63) is 30.2 Å². The zero-order valence-electron chi connectivity index (χ0n) is 5.90. The fourth-order valence-electron chi connectivity index (χ4n) is 0.926. The molecule has 0 radical (unpaired) electrons. The van der Waals surface area contributed by atoms with Crippen LogP contribution in [0.4, 0.5) is 4.39 Å². The number of nitrogens with zero attached hydrogens (tertiary/aromatic N) is 4. The highest BCUT2D eigenvalue weighted by molar-refractivity contribution is 5.37. The Balaban J connectivity index is 2.77. The molecule has 0 amide bonds. The van der Waals surface area contributed by atoms with E-state index in [1.165, 1.54) is 23.0 Å². The van der Waals surface area contributed by atoms with Crippen LogP contribution >= 0.6 is 0 Å². The van der Waals surface area contributed by atoms with Gasteiger partial charge in [-0.25, -0.2) is 4.98 Å². The summed E-state index contributed by atoms with van der Waals surface area (Å²) in [6.07, 6.45) is 3.96. The van der Waals surface area contributed by atoms with Gasteiger partial charge in [0.15, 0.2) is 11.3 Å². The van der Waals surface area contributed by atoms with E-state index in [2.05, 4.69) is 9.97 Å². The van der Waals surface area contributed by atoms with Gasteiger partial charge in [-0.2, -0.15) is 14.6 Å². The van der Waals surface area contributed by atoms with Crippen molar-refractivity contribution in [3.63, 3.8) is 0 Å². The lowest BCUT2D eigenvalue weighted by Crippen LogP contribution is -1.88. The van der Waals surface area contributed by atoms with E-state index in [4.69, 9.17) is 5.26 Å². The number of halogens is 1. The third-order valence-electron chi connectivity index (χ3n) is 1.43. The molecule has 0 aromatic carbocycles. The summed E-state index contributed by atoms with van der Waals surface area (Å²) < 4.78 is 13.9. The number of rotatable bonds is 0. The van der Waals surface area contributed by atoms with Crippen LogP contribution in [-0.2, 0) is 0 Å². The fraction of sp³-hybridized carbons (Fsp3) is 0. The maximum absolute atomic E-state index is 12.5. The lowest BCUT2D eigenvalue weighted by Gasteiger charge is -1.90. The monoisotopic (exact) mass is 162 g/mol. The lowest BCUT2D eigenvalue weighted by molar-refractivity contribution is 0.592. The Labute approximate surface area is 66.9 Å². The molecule has 0 unspecified atom stereocenters. The normalized spacial score (nSPS) is 10.0. The second kappa shape index (κ2) is 2.27. The summed E-state index contributed by atoms with van der Waals surface area (Å²) in [7, 11) is 0. The molecule has 0 saturated carbocycles. The van der Waals surface area contributed by atoms with Crippen LogP contribution < -0.4 is 0 Å². The van der Waals surface area contributed by atoms with Crippen LogP contribution in [0, 0.1) is 17.3 Å². The second-order valence-electron chi connectivity index (χ2n) is 2.21. The van der Waals surface area contributed by atoms with Crippen LogP contribution in [0.1, 0.15) is 5.69 Å². The Bertz CT molecular complexity index is 468. The first-order valence-electron chi connectivity index (χ1n) is 3.20. The fourth-order valence-corrected chi connectivity index (χ4v) is 0.926. The maximum Gasteiger partial charge on any atom is 0.231 e. The second-order valence-corrected chi connectivity index (χ2v) is 2.21. The number of hydrogen-bond donors (Lipinski definition) is 0. The van der Waals surface area contributed by atoms with Crippen molar-refractivity contribution in [2.24, 2.45) is 0 Å². The number of hydrogen-bond acceptors (Lipinski definition) is 3. The molecule has 5 heteroatoms. The standard InChI is InChI=1S/C7H3FN4/c8-6-4-12-3-5(1-9)10-2-7(12)11-6/h2-4H. The summed E-state index contributed by atoms with van der Waals surface area (Å²) in [5.41, 5.74) is 0.631. The van der Waals surface area contributed by atoms with Crippen molar-refractivity contribution >= 4 is 5.65 Å². The molecule has 2 aromatic heterocycles. The van der Waals surface area contributed by atoms with Gasteiger partial charge in [-0.3, -0.25) is 4.40 Å². The zero-order valence-corrected chi connectivity index (χ0v) is 5.90. The average Bonchev–Trinajstić information content (AvgIpc) is 2.43. The van der Waals surface area contributed by atoms with Crippen LogP contribution in [0.3, 0.4) is 0 Å². The van der Waals surface area contributed by atoms with Crippen molar-refractivity contribution in [3.8, 4) is 6.07 Å². The van der Waals surface area contributed by atoms with E-state index in [0.717, 1.165) is 0 Å². The van der Waals surface area contributed by atoms with Crippen molar-refractivity contribution in [1.82, 2.24) is 14.4 Å². The summed E-state index contributed by atoms with van der Waals surface area (Å²) in [6.45, 7) is 0. The summed E-state index contributed by atoms with van der Waals surface area (Å²) in [5.74, 6) is -0.577. The van der Waals surface area contributed by atoms with Gasteiger partial charge in [0.2, 0.25) is 5.95 Å². The highest BCUT2D eigenvalue weighted by atomic mass is 19.1. The van der Waals surface area contributed by atoms with Crippen LogP contribution in [0.5, 0.6) is 0 Å². The van der Waals surface area contributed by atoms with Crippen molar-refractivity contribution < 1.29 is 4.39 Å². The van der Waals surface area contributed by atoms with Gasteiger partial charge < -0.3 is 0 Å². The minimum Gasteiger partial charge on any atom is -0.300 e. The Morgan fingerprint density at radius 2 is 2.33 bits per heavy atom. The highest BCUT2D eigenvalue weighted by Crippen LogP contribution is 2.02. The first-order valence-corrected chi connectivity index (χ1v) is 3.20. The van der Waals surface area contributed by atoms with Crippen molar-refractivity contribution in [2.45, 2.75) is 0 Å². The number of fused-ring (bicyclic) bond motifs is 1. The molecule has 0 N–H and O–H groups in total. The summed E-state index contributed by atoms with van der Waals surface area (Å²) in [6, 6.07) is 1.85. The molecule has 0 aliphatic carbocycles. The first-order chi connectivity index (χ1) is 5.79. The third kappa shape index (κ3) is 0.900. The Hall–Kier alpha value is -1.96. The van der Waals surface area contributed by atoms with Crippen LogP contribution in [0.15, 0.2) is 18.6 Å². The average molecular weight is 162 g/mol. The number of nitriles is 1. The van der Waals surface area contributed by atoms with Gasteiger partial charge in [0, 0.05) is 6.20 Å². The van der Waals surface area contributed by atoms with E-state index < -0.39 is 5.95 Å². The van der Waals surface area contributed by atoms with Gasteiger partial charge in [-0.15, -0.1) is 0 Å². The lowest BCUT2D eigenvalue weighted by atomic mass is 10.5. The molecule has 0 saturated heterocycles. The van der Waals surface area contributed by atoms with Crippen LogP contribution in [0.2, 0.25) is 0 Å². The first kappa shape index (κ1) is 6.73. The van der Waals surface area contributed by atoms with E-state index in [9.17, 15) is 4.39 Å². The molecule has 0 bridgehead atoms. The van der Waals surface area contributed by atoms with Gasteiger partial charge in [-0.1, -0.05) is 0 Å². The van der Waals surface area contributed by atoms with E-state index in [0.29, 0.717) is 5.65 Å². The molecule has 4 nitrogen and oxygen atoms in total. The Morgan fingerprint density at radius 3 is 3.08 bits per heavy atom. The van der Waals surface area contributed by atoms with E-state index in [1.807, 2.05) is 6.07 Å². The molecule has 2 rings (SSSR count). The molecule has 0 atom stereocenters. The molecule has 58 valence electrons. The molecule has 2 heterocycles. The molecule has 0 spiro atoms. The molecule has 0 fully saturated rings. The predicted octanol–water partition coefficient (Wildman–Crippen LogP) is 0.740. The minimum absolute atomic E-state index is 0.236. The minimum atomic E-state index is -0.577. The molecule has 0 aliphatic heterocycles. The Kier molecular flexibility index (Phi) is 1.27. The van der Waals surface area contributed by atoms with E-state index in [-0.39, 0.29) is 5.69 Å².